The highest BCUT2D eigenvalue weighted by Crippen LogP contribution is 1.97. The topological polar surface area (TPSA) is 58.2 Å². The third-order valence-electron chi connectivity index (χ3n) is 1.83. The van der Waals surface area contributed by atoms with E-state index < -0.39 is 12.8 Å². The van der Waals surface area contributed by atoms with Crippen molar-refractivity contribution in [3.05, 3.63) is 11.6 Å². The Morgan fingerprint density at radius 2 is 2.00 bits per heavy atom. The van der Waals surface area contributed by atoms with E-state index in [-0.39, 0.29) is 0 Å². The van der Waals surface area contributed by atoms with Crippen molar-refractivity contribution in [3.8, 4) is 0 Å². The lowest BCUT2D eigenvalue weighted by molar-refractivity contribution is -0.149. The predicted molar refractivity (Wildman–Crippen MR) is 53.2 cm³/mol. The van der Waals surface area contributed by atoms with Crippen LogP contribution in [0.15, 0.2) is 11.6 Å². The molecule has 0 aromatic rings. The van der Waals surface area contributed by atoms with Crippen molar-refractivity contribution in [2.45, 2.75) is 26.7 Å². The molecule has 81 valence electrons. The maximum Gasteiger partial charge on any atom is 0.332 e. The lowest BCUT2D eigenvalue weighted by atomic mass is 10.2. The van der Waals surface area contributed by atoms with Crippen molar-refractivity contribution in [3.63, 3.8) is 0 Å². The Labute approximate surface area is 85.0 Å². The number of carbonyl (C=O) groups excluding carboxylic acids is 1. The molecule has 0 spiro atoms. The molecule has 0 atom stereocenters. The van der Waals surface area contributed by atoms with Gasteiger partial charge in [-0.3, -0.25) is 0 Å². The molecule has 0 aromatic heterocycles. The summed E-state index contributed by atoms with van der Waals surface area (Å²) < 4.78 is 4.14. The fraction of sp³-hybridized carbons (Fsp3) is 0.700. The molecule has 0 bridgehead atoms. The van der Waals surface area contributed by atoms with E-state index in [0.717, 1.165) is 12.0 Å². The first kappa shape index (κ1) is 13.1. The monoisotopic (exact) mass is 200 g/mol. The van der Waals surface area contributed by atoms with E-state index in [9.17, 15) is 9.90 Å². The van der Waals surface area contributed by atoms with Crippen LogP contribution in [0, 0.1) is 0 Å². The number of rotatable bonds is 3. The summed E-state index contributed by atoms with van der Waals surface area (Å²) in [6.07, 6.45) is 3.52. The molecule has 1 aliphatic heterocycles. The molecule has 0 unspecified atom stereocenters. The Morgan fingerprint density at radius 1 is 1.50 bits per heavy atom. The first-order valence-electron chi connectivity index (χ1n) is 4.83. The van der Waals surface area contributed by atoms with Gasteiger partial charge in [0.15, 0.2) is 0 Å². The van der Waals surface area contributed by atoms with Gasteiger partial charge in [0.25, 0.3) is 0 Å². The van der Waals surface area contributed by atoms with Gasteiger partial charge in [0.1, 0.15) is 0 Å². The van der Waals surface area contributed by atoms with Crippen LogP contribution in [-0.2, 0) is 14.6 Å². The second kappa shape index (κ2) is 8.72. The highest BCUT2D eigenvalue weighted by atomic mass is 16.6. The number of carbonyl (C=O) groups is 1. The zero-order valence-electron chi connectivity index (χ0n) is 8.84. The van der Waals surface area contributed by atoms with E-state index in [1.54, 1.807) is 0 Å². The average Bonchev–Trinajstić information content (AvgIpc) is 2.01. The zero-order valence-corrected chi connectivity index (χ0v) is 8.84. The van der Waals surface area contributed by atoms with Crippen LogP contribution < -0.4 is 5.32 Å². The molecule has 1 rings (SSSR count). The minimum absolute atomic E-state index is 0.547. The summed E-state index contributed by atoms with van der Waals surface area (Å²) in [7, 11) is 0. The lowest BCUT2D eigenvalue weighted by Gasteiger charge is -2.09. The summed E-state index contributed by atoms with van der Waals surface area (Å²) in [6, 6.07) is 0. The van der Waals surface area contributed by atoms with Crippen molar-refractivity contribution < 1.29 is 14.6 Å². The Morgan fingerprint density at radius 3 is 2.29 bits per heavy atom. The minimum atomic E-state index is -0.799. The van der Waals surface area contributed by atoms with Gasteiger partial charge in [0.2, 0.25) is 6.79 Å². The lowest BCUT2D eigenvalue weighted by Crippen LogP contribution is -2.29. The largest absolute Gasteiger partial charge is 0.432 e. The molecular formula is C10H18NO3. The number of hydrogen-bond donors (Lipinski definition) is 1. The van der Waals surface area contributed by atoms with Crippen LogP contribution in [-0.4, -0.2) is 25.9 Å². The molecule has 1 aliphatic rings. The van der Waals surface area contributed by atoms with E-state index in [0.29, 0.717) is 0 Å². The Balaban J connectivity index is 0.000000344. The summed E-state index contributed by atoms with van der Waals surface area (Å²) in [5.74, 6) is -0.547. The molecule has 1 N–H and O–H groups in total. The molecule has 14 heavy (non-hydrogen) atoms. The fourth-order valence-corrected chi connectivity index (χ4v) is 0.580. The molecule has 0 amide bonds. The first-order valence-corrected chi connectivity index (χ1v) is 4.83. The van der Waals surface area contributed by atoms with Crippen molar-refractivity contribution >= 4 is 5.97 Å². The number of hydrogen-bond acceptors (Lipinski definition) is 3. The molecule has 4 heteroatoms. The van der Waals surface area contributed by atoms with Crippen molar-refractivity contribution in [2.75, 3.05) is 19.9 Å². The zero-order chi connectivity index (χ0) is 10.8. The summed E-state index contributed by atoms with van der Waals surface area (Å²) in [4.78, 5) is 10.5. The van der Waals surface area contributed by atoms with E-state index in [2.05, 4.69) is 10.1 Å². The second-order valence-corrected chi connectivity index (χ2v) is 3.03. The van der Waals surface area contributed by atoms with E-state index in [4.69, 9.17) is 0 Å². The maximum atomic E-state index is 10.5. The molecule has 0 aliphatic carbocycles. The molecule has 1 heterocycles. The molecule has 0 aromatic carbocycles. The van der Waals surface area contributed by atoms with Crippen LogP contribution in [0.4, 0.5) is 0 Å². The molecule has 1 saturated heterocycles. The van der Waals surface area contributed by atoms with Gasteiger partial charge < -0.3 is 10.1 Å². The smallest absolute Gasteiger partial charge is 0.332 e. The van der Waals surface area contributed by atoms with E-state index >= 15 is 0 Å². The maximum absolute atomic E-state index is 10.5. The highest BCUT2D eigenvalue weighted by molar-refractivity contribution is 5.82. The van der Waals surface area contributed by atoms with Crippen molar-refractivity contribution in [1.29, 1.82) is 0 Å². The van der Waals surface area contributed by atoms with Crippen molar-refractivity contribution in [2.24, 2.45) is 0 Å². The minimum Gasteiger partial charge on any atom is -0.432 e. The molecule has 1 radical (unpaired) electrons. The van der Waals surface area contributed by atoms with Crippen LogP contribution in [0.5, 0.6) is 0 Å². The molecule has 1 fully saturated rings. The molecule has 4 nitrogen and oxygen atoms in total. The predicted octanol–water partition coefficient (Wildman–Crippen LogP) is 1.25. The Hall–Kier alpha value is -0.870. The molecular weight excluding hydrogens is 182 g/mol. The number of ether oxygens (including phenoxy) is 1. The highest BCUT2D eigenvalue weighted by Gasteiger charge is 1.95. The van der Waals surface area contributed by atoms with E-state index in [1.165, 1.54) is 25.6 Å². The third kappa shape index (κ3) is 7.76. The quantitative estimate of drug-likeness (QED) is 0.424. The number of esters is 1. The number of allylic oxidation sites excluding steroid dienone is 1. The first-order chi connectivity index (χ1) is 6.70. The van der Waals surface area contributed by atoms with Gasteiger partial charge in [-0.2, -0.15) is 5.11 Å². The van der Waals surface area contributed by atoms with E-state index in [1.807, 2.05) is 13.8 Å². The Kier molecular flexibility index (Phi) is 8.17. The van der Waals surface area contributed by atoms with Crippen molar-refractivity contribution in [1.82, 2.24) is 5.32 Å². The average molecular weight is 200 g/mol. The van der Waals surface area contributed by atoms with Crippen LogP contribution in [0.1, 0.15) is 26.7 Å². The van der Waals surface area contributed by atoms with Gasteiger partial charge in [0.05, 0.1) is 0 Å². The van der Waals surface area contributed by atoms with Crippen LogP contribution in [0.2, 0.25) is 0 Å². The van der Waals surface area contributed by atoms with Gasteiger partial charge in [-0.1, -0.05) is 12.5 Å². The Bertz CT molecular complexity index is 182. The molecule has 0 saturated carbocycles. The third-order valence-corrected chi connectivity index (χ3v) is 1.83. The van der Waals surface area contributed by atoms with Gasteiger partial charge in [0, 0.05) is 6.08 Å². The summed E-state index contributed by atoms with van der Waals surface area (Å²) >= 11 is 0. The second-order valence-electron chi connectivity index (χ2n) is 3.03. The van der Waals surface area contributed by atoms with Gasteiger partial charge in [-0.05, 0) is 32.9 Å². The summed E-state index contributed by atoms with van der Waals surface area (Å²) in [5, 5.41) is 12.8. The van der Waals surface area contributed by atoms with Crippen LogP contribution in [0.25, 0.3) is 0 Å². The fourth-order valence-electron chi connectivity index (χ4n) is 0.580. The van der Waals surface area contributed by atoms with Gasteiger partial charge >= 0.3 is 5.97 Å². The number of nitrogens with one attached hydrogen (secondary N) is 1. The standard InChI is InChI=1S/C7H11O3.C3H7N/c1-3-6(2)4-7(9)10-5-8;1-2-4-3-1/h4H,3,5H2,1-2H3;4H,1-3H2. The normalized spacial score (nSPS) is 14.9. The summed E-state index contributed by atoms with van der Waals surface area (Å²) in [5.41, 5.74) is 0.915. The van der Waals surface area contributed by atoms with Crippen LogP contribution in [0.3, 0.4) is 0 Å². The summed E-state index contributed by atoms with van der Waals surface area (Å²) in [6.45, 7) is 5.44. The van der Waals surface area contributed by atoms with Gasteiger partial charge in [-0.25, -0.2) is 4.79 Å². The SMILES string of the molecule is C1CNC1.CCC(C)=CC(=O)OC[O]. The van der Waals surface area contributed by atoms with Gasteiger partial charge in [-0.15, -0.1) is 0 Å². The van der Waals surface area contributed by atoms with Crippen LogP contribution >= 0.6 is 0 Å².